The molecule has 1 amide bonds. The normalized spacial score (nSPS) is 10.6. The van der Waals surface area contributed by atoms with E-state index < -0.39 is 5.82 Å². The quantitative estimate of drug-likeness (QED) is 0.836. The SMILES string of the molecule is COc1cc(C)c(CN(C)CC(=O)Nc2ccccc2F)cc1OC. The van der Waals surface area contributed by atoms with Crippen molar-refractivity contribution in [2.24, 2.45) is 0 Å². The van der Waals surface area contributed by atoms with Gasteiger partial charge in [-0.3, -0.25) is 9.69 Å². The number of ether oxygens (including phenoxy) is 2. The van der Waals surface area contributed by atoms with Gasteiger partial charge in [-0.15, -0.1) is 0 Å². The van der Waals surface area contributed by atoms with Crippen molar-refractivity contribution in [2.45, 2.75) is 13.5 Å². The summed E-state index contributed by atoms with van der Waals surface area (Å²) < 4.78 is 24.2. The van der Waals surface area contributed by atoms with Crippen LogP contribution in [0.5, 0.6) is 11.5 Å². The lowest BCUT2D eigenvalue weighted by molar-refractivity contribution is -0.117. The first-order chi connectivity index (χ1) is 11.9. The Morgan fingerprint density at radius 1 is 1.16 bits per heavy atom. The van der Waals surface area contributed by atoms with Crippen LogP contribution >= 0.6 is 0 Å². The molecular formula is C19H23FN2O3. The average Bonchev–Trinajstić information content (AvgIpc) is 2.58. The van der Waals surface area contributed by atoms with E-state index in [-0.39, 0.29) is 18.1 Å². The van der Waals surface area contributed by atoms with Gasteiger partial charge in [-0.2, -0.15) is 0 Å². The van der Waals surface area contributed by atoms with Crippen LogP contribution < -0.4 is 14.8 Å². The number of hydrogen-bond acceptors (Lipinski definition) is 4. The Balaban J connectivity index is 2.01. The molecule has 5 nitrogen and oxygen atoms in total. The second-order valence-corrected chi connectivity index (χ2v) is 5.83. The van der Waals surface area contributed by atoms with Crippen LogP contribution in [0.3, 0.4) is 0 Å². The minimum Gasteiger partial charge on any atom is -0.493 e. The highest BCUT2D eigenvalue weighted by Crippen LogP contribution is 2.30. The second-order valence-electron chi connectivity index (χ2n) is 5.83. The highest BCUT2D eigenvalue weighted by Gasteiger charge is 2.13. The number of nitrogens with zero attached hydrogens (tertiary/aromatic N) is 1. The van der Waals surface area contributed by atoms with E-state index in [0.29, 0.717) is 18.0 Å². The Hall–Kier alpha value is -2.60. The summed E-state index contributed by atoms with van der Waals surface area (Å²) >= 11 is 0. The summed E-state index contributed by atoms with van der Waals surface area (Å²) in [5.74, 6) is 0.593. The van der Waals surface area contributed by atoms with E-state index in [9.17, 15) is 9.18 Å². The van der Waals surface area contributed by atoms with Gasteiger partial charge >= 0.3 is 0 Å². The van der Waals surface area contributed by atoms with Crippen molar-refractivity contribution >= 4 is 11.6 Å². The van der Waals surface area contributed by atoms with Crippen LogP contribution in [0.15, 0.2) is 36.4 Å². The van der Waals surface area contributed by atoms with Crippen LogP contribution in [0.25, 0.3) is 0 Å². The molecule has 2 rings (SSSR count). The summed E-state index contributed by atoms with van der Waals surface area (Å²) in [6.45, 7) is 2.67. The molecule has 0 aliphatic rings. The van der Waals surface area contributed by atoms with Crippen molar-refractivity contribution < 1.29 is 18.7 Å². The maximum Gasteiger partial charge on any atom is 0.238 e. The van der Waals surface area contributed by atoms with Gasteiger partial charge in [0, 0.05) is 6.54 Å². The number of benzene rings is 2. The molecule has 0 heterocycles. The number of halogens is 1. The standard InChI is InChI=1S/C19H23FN2O3/c1-13-9-17(24-3)18(25-4)10-14(13)11-22(2)12-19(23)21-16-8-6-5-7-15(16)20/h5-10H,11-12H2,1-4H3,(H,21,23). The van der Waals surface area contributed by atoms with E-state index in [4.69, 9.17) is 9.47 Å². The van der Waals surface area contributed by atoms with Crippen LogP contribution in [0.2, 0.25) is 0 Å². The zero-order chi connectivity index (χ0) is 18.4. The molecule has 0 saturated heterocycles. The number of para-hydroxylation sites is 1. The fourth-order valence-corrected chi connectivity index (χ4v) is 2.54. The van der Waals surface area contributed by atoms with Gasteiger partial charge < -0.3 is 14.8 Å². The van der Waals surface area contributed by atoms with Gasteiger partial charge in [0.1, 0.15) is 5.82 Å². The molecule has 25 heavy (non-hydrogen) atoms. The molecule has 0 saturated carbocycles. The van der Waals surface area contributed by atoms with E-state index in [1.807, 2.05) is 31.0 Å². The number of likely N-dealkylation sites (N-methyl/N-ethyl adjacent to an activating group) is 1. The van der Waals surface area contributed by atoms with E-state index in [1.165, 1.54) is 12.1 Å². The van der Waals surface area contributed by atoms with Gasteiger partial charge in [-0.1, -0.05) is 12.1 Å². The predicted molar refractivity (Wildman–Crippen MR) is 95.6 cm³/mol. The van der Waals surface area contributed by atoms with Gasteiger partial charge in [-0.25, -0.2) is 4.39 Å². The van der Waals surface area contributed by atoms with E-state index in [2.05, 4.69) is 5.32 Å². The molecule has 0 bridgehead atoms. The number of nitrogens with one attached hydrogen (secondary N) is 1. The van der Waals surface area contributed by atoms with Crippen molar-refractivity contribution in [3.05, 3.63) is 53.3 Å². The Labute approximate surface area is 147 Å². The summed E-state index contributed by atoms with van der Waals surface area (Å²) in [6, 6.07) is 9.91. The fourth-order valence-electron chi connectivity index (χ4n) is 2.54. The van der Waals surface area contributed by atoms with Crippen molar-refractivity contribution in [3.63, 3.8) is 0 Å². The summed E-state index contributed by atoms with van der Waals surface area (Å²) in [4.78, 5) is 14.0. The molecule has 0 unspecified atom stereocenters. The van der Waals surface area contributed by atoms with Gasteiger partial charge in [-0.05, 0) is 49.4 Å². The number of methoxy groups -OCH3 is 2. The number of aryl methyl sites for hydroxylation is 1. The third-order valence-corrected chi connectivity index (χ3v) is 3.84. The van der Waals surface area contributed by atoms with Crippen molar-refractivity contribution in [3.8, 4) is 11.5 Å². The molecule has 0 spiro atoms. The fraction of sp³-hybridized carbons (Fsp3) is 0.316. The van der Waals surface area contributed by atoms with Crippen LogP contribution in [-0.4, -0.2) is 38.6 Å². The third kappa shape index (κ3) is 4.93. The van der Waals surface area contributed by atoms with Gasteiger partial charge in [0.2, 0.25) is 5.91 Å². The minimum absolute atomic E-state index is 0.141. The largest absolute Gasteiger partial charge is 0.493 e. The number of hydrogen-bond donors (Lipinski definition) is 1. The molecule has 6 heteroatoms. The minimum atomic E-state index is -0.450. The molecule has 2 aromatic rings. The zero-order valence-corrected chi connectivity index (χ0v) is 14.9. The van der Waals surface area contributed by atoms with Crippen LogP contribution in [-0.2, 0) is 11.3 Å². The summed E-state index contributed by atoms with van der Waals surface area (Å²) in [5.41, 5.74) is 2.25. The van der Waals surface area contributed by atoms with E-state index >= 15 is 0 Å². The summed E-state index contributed by atoms with van der Waals surface area (Å²) in [6.07, 6.45) is 0. The second kappa shape index (κ2) is 8.48. The zero-order valence-electron chi connectivity index (χ0n) is 14.9. The maximum absolute atomic E-state index is 13.6. The molecule has 0 aliphatic carbocycles. The Bertz CT molecular complexity index is 749. The molecule has 0 aliphatic heterocycles. The number of carbonyl (C=O) groups is 1. The number of anilines is 1. The first-order valence-corrected chi connectivity index (χ1v) is 7.89. The summed E-state index contributed by atoms with van der Waals surface area (Å²) in [5, 5.41) is 2.58. The van der Waals surface area contributed by atoms with Gasteiger partial charge in [0.05, 0.1) is 26.5 Å². The Morgan fingerprint density at radius 3 is 2.44 bits per heavy atom. The van der Waals surface area contributed by atoms with Gasteiger partial charge in [0.15, 0.2) is 11.5 Å². The average molecular weight is 346 g/mol. The Morgan fingerprint density at radius 2 is 1.80 bits per heavy atom. The van der Waals surface area contributed by atoms with Gasteiger partial charge in [0.25, 0.3) is 0 Å². The molecule has 0 radical (unpaired) electrons. The van der Waals surface area contributed by atoms with Crippen molar-refractivity contribution in [1.29, 1.82) is 0 Å². The van der Waals surface area contributed by atoms with Crippen LogP contribution in [0.4, 0.5) is 10.1 Å². The van der Waals surface area contributed by atoms with Crippen molar-refractivity contribution in [2.75, 3.05) is 33.1 Å². The predicted octanol–water partition coefficient (Wildman–Crippen LogP) is 3.22. The van der Waals surface area contributed by atoms with Crippen LogP contribution in [0.1, 0.15) is 11.1 Å². The summed E-state index contributed by atoms with van der Waals surface area (Å²) in [7, 11) is 5.01. The Kier molecular flexibility index (Phi) is 6.36. The molecule has 2 aromatic carbocycles. The monoisotopic (exact) mass is 346 g/mol. The number of rotatable bonds is 7. The highest BCUT2D eigenvalue weighted by molar-refractivity contribution is 5.92. The topological polar surface area (TPSA) is 50.8 Å². The molecule has 0 fully saturated rings. The van der Waals surface area contributed by atoms with Crippen LogP contribution in [0, 0.1) is 12.7 Å². The van der Waals surface area contributed by atoms with E-state index in [0.717, 1.165) is 11.1 Å². The highest BCUT2D eigenvalue weighted by atomic mass is 19.1. The smallest absolute Gasteiger partial charge is 0.238 e. The molecule has 0 aromatic heterocycles. The van der Waals surface area contributed by atoms with E-state index in [1.54, 1.807) is 26.4 Å². The lowest BCUT2D eigenvalue weighted by Gasteiger charge is -2.19. The molecule has 1 N–H and O–H groups in total. The first-order valence-electron chi connectivity index (χ1n) is 7.89. The number of amides is 1. The lowest BCUT2D eigenvalue weighted by Crippen LogP contribution is -2.30. The number of carbonyl (C=O) groups excluding carboxylic acids is 1. The molecular weight excluding hydrogens is 323 g/mol. The third-order valence-electron chi connectivity index (χ3n) is 3.84. The molecule has 0 atom stereocenters. The molecule has 134 valence electrons. The first kappa shape index (κ1) is 18.7. The maximum atomic E-state index is 13.6. The lowest BCUT2D eigenvalue weighted by atomic mass is 10.1. The van der Waals surface area contributed by atoms with Crippen molar-refractivity contribution in [1.82, 2.24) is 4.90 Å².